The average Bonchev–Trinajstić information content (AvgIpc) is 2.34. The van der Waals surface area contributed by atoms with Crippen LogP contribution in [-0.2, 0) is 4.74 Å². The van der Waals surface area contributed by atoms with Gasteiger partial charge in [-0.05, 0) is 12.1 Å². The number of anilines is 1. The van der Waals surface area contributed by atoms with Crippen LogP contribution in [0.5, 0.6) is 0 Å². The third-order valence-corrected chi connectivity index (χ3v) is 2.07. The summed E-state index contributed by atoms with van der Waals surface area (Å²) >= 11 is 0. The molecular formula is C12H11F2NO2. The third-order valence-electron chi connectivity index (χ3n) is 2.07. The summed E-state index contributed by atoms with van der Waals surface area (Å²) < 4.78 is 31.3. The molecule has 0 unspecified atom stereocenters. The van der Waals surface area contributed by atoms with Gasteiger partial charge in [-0.1, -0.05) is 0 Å². The summed E-state index contributed by atoms with van der Waals surface area (Å²) in [6.07, 6.45) is 5.41. The molecule has 0 aliphatic rings. The number of esters is 1. The van der Waals surface area contributed by atoms with E-state index >= 15 is 0 Å². The smallest absolute Gasteiger partial charge is 0.340 e. The van der Waals surface area contributed by atoms with Crippen LogP contribution in [-0.4, -0.2) is 19.6 Å². The molecule has 0 aliphatic heterocycles. The molecule has 1 aromatic rings. The number of hydrogen-bond acceptors (Lipinski definition) is 3. The van der Waals surface area contributed by atoms with Gasteiger partial charge in [0.1, 0.15) is 0 Å². The van der Waals surface area contributed by atoms with Crippen molar-refractivity contribution in [1.29, 1.82) is 0 Å². The highest BCUT2D eigenvalue weighted by atomic mass is 19.2. The minimum absolute atomic E-state index is 0.0367. The van der Waals surface area contributed by atoms with E-state index in [1.54, 1.807) is 0 Å². The maximum absolute atomic E-state index is 13.5. The molecule has 0 aromatic heterocycles. The lowest BCUT2D eigenvalue weighted by Gasteiger charge is -2.08. The zero-order valence-electron chi connectivity index (χ0n) is 9.22. The third kappa shape index (κ3) is 2.94. The lowest BCUT2D eigenvalue weighted by atomic mass is 10.2. The number of hydrogen-bond donors (Lipinski definition) is 1. The number of terminal acetylenes is 1. The fourth-order valence-corrected chi connectivity index (χ4v) is 1.22. The van der Waals surface area contributed by atoms with E-state index in [-0.39, 0.29) is 5.69 Å². The Kier molecular flexibility index (Phi) is 4.46. The lowest BCUT2D eigenvalue weighted by molar-refractivity contribution is 0.0594. The summed E-state index contributed by atoms with van der Waals surface area (Å²) in [7, 11) is 1.10. The molecule has 0 atom stereocenters. The normalized spacial score (nSPS) is 9.53. The quantitative estimate of drug-likeness (QED) is 0.497. The van der Waals surface area contributed by atoms with Crippen LogP contribution < -0.4 is 5.32 Å². The molecule has 0 amide bonds. The van der Waals surface area contributed by atoms with Crippen molar-refractivity contribution < 1.29 is 18.3 Å². The van der Waals surface area contributed by atoms with Gasteiger partial charge in [-0.15, -0.1) is 12.3 Å². The van der Waals surface area contributed by atoms with Gasteiger partial charge < -0.3 is 10.1 Å². The Morgan fingerprint density at radius 2 is 2.18 bits per heavy atom. The van der Waals surface area contributed by atoms with Crippen molar-refractivity contribution in [2.45, 2.75) is 6.42 Å². The Bertz CT molecular complexity index is 466. The molecule has 1 rings (SSSR count). The first-order valence-corrected chi connectivity index (χ1v) is 4.85. The minimum atomic E-state index is -1.23. The van der Waals surface area contributed by atoms with Crippen molar-refractivity contribution in [1.82, 2.24) is 0 Å². The Labute approximate surface area is 97.8 Å². The second-order valence-corrected chi connectivity index (χ2v) is 3.16. The number of halogens is 2. The molecular weight excluding hydrogens is 228 g/mol. The average molecular weight is 239 g/mol. The summed E-state index contributed by atoms with van der Waals surface area (Å²) in [6, 6.07) is 2.42. The van der Waals surface area contributed by atoms with E-state index in [1.807, 2.05) is 0 Å². The molecule has 0 saturated carbocycles. The van der Waals surface area contributed by atoms with Crippen molar-refractivity contribution in [2.24, 2.45) is 0 Å². The monoisotopic (exact) mass is 239 g/mol. The molecule has 17 heavy (non-hydrogen) atoms. The first kappa shape index (κ1) is 13.0. The van der Waals surface area contributed by atoms with Gasteiger partial charge >= 0.3 is 5.97 Å². The van der Waals surface area contributed by atoms with E-state index in [0.29, 0.717) is 13.0 Å². The zero-order valence-corrected chi connectivity index (χ0v) is 9.22. The van der Waals surface area contributed by atoms with Crippen LogP contribution in [0.3, 0.4) is 0 Å². The maximum atomic E-state index is 13.5. The van der Waals surface area contributed by atoms with Gasteiger partial charge in [0.25, 0.3) is 0 Å². The molecule has 1 aromatic carbocycles. The zero-order chi connectivity index (χ0) is 12.8. The van der Waals surface area contributed by atoms with Crippen LogP contribution in [0.1, 0.15) is 16.8 Å². The second kappa shape index (κ2) is 5.85. The SMILES string of the molecule is C#CCCNc1ccc(C(=O)OC)c(F)c1F. The van der Waals surface area contributed by atoms with E-state index in [0.717, 1.165) is 13.2 Å². The summed E-state index contributed by atoms with van der Waals surface area (Å²) in [4.78, 5) is 11.1. The molecule has 0 radical (unpaired) electrons. The fourth-order valence-electron chi connectivity index (χ4n) is 1.22. The largest absolute Gasteiger partial charge is 0.465 e. The number of carbonyl (C=O) groups excluding carboxylic acids is 1. The van der Waals surface area contributed by atoms with Crippen LogP contribution >= 0.6 is 0 Å². The van der Waals surface area contributed by atoms with E-state index in [9.17, 15) is 13.6 Å². The van der Waals surface area contributed by atoms with Gasteiger partial charge in [0.2, 0.25) is 0 Å². The van der Waals surface area contributed by atoms with Crippen molar-refractivity contribution in [3.8, 4) is 12.3 Å². The molecule has 0 spiro atoms. The highest BCUT2D eigenvalue weighted by Gasteiger charge is 2.18. The molecule has 0 saturated heterocycles. The summed E-state index contributed by atoms with van der Waals surface area (Å²) in [6.45, 7) is 0.324. The summed E-state index contributed by atoms with van der Waals surface area (Å²) in [5.74, 6) is -0.916. The highest BCUT2D eigenvalue weighted by molar-refractivity contribution is 5.90. The van der Waals surface area contributed by atoms with Gasteiger partial charge in [-0.2, -0.15) is 0 Å². The van der Waals surface area contributed by atoms with Crippen LogP contribution in [0.15, 0.2) is 12.1 Å². The second-order valence-electron chi connectivity index (χ2n) is 3.16. The lowest BCUT2D eigenvalue weighted by Crippen LogP contribution is -2.09. The number of ether oxygens (including phenoxy) is 1. The molecule has 3 nitrogen and oxygen atoms in total. The number of rotatable bonds is 4. The Balaban J connectivity index is 2.95. The van der Waals surface area contributed by atoms with E-state index in [2.05, 4.69) is 16.0 Å². The Morgan fingerprint density at radius 3 is 2.76 bits per heavy atom. The molecule has 90 valence electrons. The van der Waals surface area contributed by atoms with Crippen LogP contribution in [0.25, 0.3) is 0 Å². The number of benzene rings is 1. The molecule has 0 heterocycles. The predicted molar refractivity (Wildman–Crippen MR) is 59.6 cm³/mol. The van der Waals surface area contributed by atoms with Crippen molar-refractivity contribution in [3.05, 3.63) is 29.3 Å². The molecule has 0 aliphatic carbocycles. The van der Waals surface area contributed by atoms with Crippen LogP contribution in [0.2, 0.25) is 0 Å². The Morgan fingerprint density at radius 1 is 1.47 bits per heavy atom. The van der Waals surface area contributed by atoms with Gasteiger partial charge in [-0.3, -0.25) is 0 Å². The van der Waals surface area contributed by atoms with E-state index in [4.69, 9.17) is 6.42 Å². The van der Waals surface area contributed by atoms with Crippen molar-refractivity contribution in [2.75, 3.05) is 19.0 Å². The maximum Gasteiger partial charge on any atom is 0.340 e. The molecule has 1 N–H and O–H groups in total. The molecule has 5 heteroatoms. The Hall–Kier alpha value is -2.09. The van der Waals surface area contributed by atoms with Gasteiger partial charge in [-0.25, -0.2) is 13.6 Å². The first-order chi connectivity index (χ1) is 8.11. The number of methoxy groups -OCH3 is 1. The van der Waals surface area contributed by atoms with Gasteiger partial charge in [0, 0.05) is 13.0 Å². The minimum Gasteiger partial charge on any atom is -0.465 e. The number of nitrogens with one attached hydrogen (secondary N) is 1. The standard InChI is InChI=1S/C12H11F2NO2/c1-3-4-7-15-9-6-5-8(12(16)17-2)10(13)11(9)14/h1,5-6,15H,4,7H2,2H3. The van der Waals surface area contributed by atoms with Crippen LogP contribution in [0, 0.1) is 24.0 Å². The fraction of sp³-hybridized carbons (Fsp3) is 0.250. The summed E-state index contributed by atoms with van der Waals surface area (Å²) in [5, 5.41) is 2.63. The predicted octanol–water partition coefficient (Wildman–Crippen LogP) is 2.19. The number of carbonyl (C=O) groups is 1. The first-order valence-electron chi connectivity index (χ1n) is 4.85. The van der Waals surface area contributed by atoms with Crippen molar-refractivity contribution >= 4 is 11.7 Å². The van der Waals surface area contributed by atoms with Gasteiger partial charge in [0.05, 0.1) is 18.4 Å². The van der Waals surface area contributed by atoms with Crippen molar-refractivity contribution in [3.63, 3.8) is 0 Å². The molecule has 0 fully saturated rings. The topological polar surface area (TPSA) is 38.3 Å². The van der Waals surface area contributed by atoms with E-state index in [1.165, 1.54) is 6.07 Å². The summed E-state index contributed by atoms with van der Waals surface area (Å²) in [5.41, 5.74) is -0.474. The highest BCUT2D eigenvalue weighted by Crippen LogP contribution is 2.21. The van der Waals surface area contributed by atoms with Crippen LogP contribution in [0.4, 0.5) is 14.5 Å². The molecule has 0 bridgehead atoms. The van der Waals surface area contributed by atoms with Gasteiger partial charge in [0.15, 0.2) is 11.6 Å². The van der Waals surface area contributed by atoms with E-state index < -0.39 is 23.2 Å².